The molecule has 3 aromatic carbocycles. The SMILES string of the molecule is O=c1c2ccccc2nc(/C=C/c2ccccc2)n1-c1ccc(Cl)cc1[N+](=O)[O-]. The Morgan fingerprint density at radius 2 is 1.69 bits per heavy atom. The molecule has 1 aromatic heterocycles. The average Bonchev–Trinajstić information content (AvgIpc) is 2.73. The Balaban J connectivity index is 2.02. The molecule has 7 heteroatoms. The molecular formula is C22H14ClN3O3. The largest absolute Gasteiger partial charge is 0.294 e. The minimum Gasteiger partial charge on any atom is -0.268 e. The Morgan fingerprint density at radius 3 is 2.45 bits per heavy atom. The predicted octanol–water partition coefficient (Wildman–Crippen LogP) is 5.12. The van der Waals surface area contributed by atoms with E-state index in [2.05, 4.69) is 4.98 Å². The molecule has 4 aromatic rings. The van der Waals surface area contributed by atoms with Gasteiger partial charge < -0.3 is 0 Å². The van der Waals surface area contributed by atoms with Crippen LogP contribution in [0.1, 0.15) is 11.4 Å². The normalized spacial score (nSPS) is 11.2. The number of hydrogen-bond donors (Lipinski definition) is 0. The minimum atomic E-state index is -0.562. The van der Waals surface area contributed by atoms with Crippen molar-refractivity contribution in [1.82, 2.24) is 9.55 Å². The molecular weight excluding hydrogens is 390 g/mol. The first kappa shape index (κ1) is 18.6. The fourth-order valence-electron chi connectivity index (χ4n) is 3.06. The Morgan fingerprint density at radius 1 is 0.966 bits per heavy atom. The van der Waals surface area contributed by atoms with Gasteiger partial charge in [-0.15, -0.1) is 0 Å². The molecule has 0 aliphatic rings. The Labute approximate surface area is 170 Å². The highest BCUT2D eigenvalue weighted by molar-refractivity contribution is 6.30. The molecule has 0 saturated carbocycles. The fourth-order valence-corrected chi connectivity index (χ4v) is 3.23. The van der Waals surface area contributed by atoms with E-state index >= 15 is 0 Å². The van der Waals surface area contributed by atoms with E-state index in [0.717, 1.165) is 5.56 Å². The van der Waals surface area contributed by atoms with Crippen LogP contribution in [0.15, 0.2) is 77.6 Å². The van der Waals surface area contributed by atoms with Crippen molar-refractivity contribution in [3.8, 4) is 5.69 Å². The van der Waals surface area contributed by atoms with Gasteiger partial charge in [-0.2, -0.15) is 0 Å². The maximum atomic E-state index is 13.3. The molecule has 0 unspecified atom stereocenters. The maximum Gasteiger partial charge on any atom is 0.294 e. The lowest BCUT2D eigenvalue weighted by atomic mass is 10.2. The number of nitrogens with zero attached hydrogens (tertiary/aromatic N) is 3. The van der Waals surface area contributed by atoms with Crippen molar-refractivity contribution < 1.29 is 4.92 Å². The highest BCUT2D eigenvalue weighted by Crippen LogP contribution is 2.27. The lowest BCUT2D eigenvalue weighted by molar-refractivity contribution is -0.384. The summed E-state index contributed by atoms with van der Waals surface area (Å²) in [7, 11) is 0. The summed E-state index contributed by atoms with van der Waals surface area (Å²) in [6.45, 7) is 0. The molecule has 0 N–H and O–H groups in total. The van der Waals surface area contributed by atoms with Gasteiger partial charge in [-0.25, -0.2) is 4.98 Å². The van der Waals surface area contributed by atoms with E-state index in [-0.39, 0.29) is 22.2 Å². The van der Waals surface area contributed by atoms with E-state index in [1.165, 1.54) is 22.8 Å². The topological polar surface area (TPSA) is 78.0 Å². The molecule has 0 fully saturated rings. The summed E-state index contributed by atoms with van der Waals surface area (Å²) in [6.07, 6.45) is 3.47. The van der Waals surface area contributed by atoms with Crippen molar-refractivity contribution >= 4 is 40.3 Å². The summed E-state index contributed by atoms with van der Waals surface area (Å²) in [5.41, 5.74) is 0.861. The van der Waals surface area contributed by atoms with Crippen molar-refractivity contribution in [3.05, 3.63) is 110 Å². The van der Waals surface area contributed by atoms with Crippen LogP contribution in [0, 0.1) is 10.1 Å². The monoisotopic (exact) mass is 403 g/mol. The molecule has 0 saturated heterocycles. The van der Waals surface area contributed by atoms with Gasteiger partial charge in [-0.1, -0.05) is 60.1 Å². The number of para-hydroxylation sites is 1. The molecule has 0 atom stereocenters. The summed E-state index contributed by atoms with van der Waals surface area (Å²) in [5.74, 6) is 0.281. The van der Waals surface area contributed by atoms with Gasteiger partial charge in [0.05, 0.1) is 15.8 Å². The maximum absolute atomic E-state index is 13.3. The fraction of sp³-hybridized carbons (Fsp3) is 0. The number of aromatic nitrogens is 2. The molecule has 142 valence electrons. The second-order valence-corrected chi connectivity index (χ2v) is 6.70. The summed E-state index contributed by atoms with van der Waals surface area (Å²) in [4.78, 5) is 28.9. The van der Waals surface area contributed by atoms with Crippen LogP contribution in [0.25, 0.3) is 28.7 Å². The van der Waals surface area contributed by atoms with E-state index in [1.807, 2.05) is 30.3 Å². The van der Waals surface area contributed by atoms with Crippen LogP contribution in [0.3, 0.4) is 0 Å². The third kappa shape index (κ3) is 3.66. The number of nitro groups is 1. The zero-order valence-electron chi connectivity index (χ0n) is 15.0. The highest BCUT2D eigenvalue weighted by atomic mass is 35.5. The Kier molecular flexibility index (Phi) is 4.93. The molecule has 0 radical (unpaired) electrons. The van der Waals surface area contributed by atoms with E-state index in [4.69, 9.17) is 11.6 Å². The number of benzene rings is 3. The molecule has 6 nitrogen and oxygen atoms in total. The molecule has 1 heterocycles. The zero-order valence-corrected chi connectivity index (χ0v) is 15.8. The van der Waals surface area contributed by atoms with Gasteiger partial charge in [0.15, 0.2) is 0 Å². The number of halogens is 1. The first-order valence-corrected chi connectivity index (χ1v) is 9.11. The van der Waals surface area contributed by atoms with Crippen molar-refractivity contribution in [3.63, 3.8) is 0 Å². The van der Waals surface area contributed by atoms with Crippen molar-refractivity contribution in [1.29, 1.82) is 0 Å². The van der Waals surface area contributed by atoms with Crippen LogP contribution in [-0.2, 0) is 0 Å². The van der Waals surface area contributed by atoms with Crippen LogP contribution >= 0.6 is 11.6 Å². The molecule has 0 aliphatic heterocycles. The molecule has 4 rings (SSSR count). The second kappa shape index (κ2) is 7.69. The molecule has 0 amide bonds. The smallest absolute Gasteiger partial charge is 0.268 e. The van der Waals surface area contributed by atoms with Gasteiger partial charge in [0.25, 0.3) is 11.2 Å². The number of hydrogen-bond acceptors (Lipinski definition) is 4. The molecule has 0 spiro atoms. The number of fused-ring (bicyclic) bond motifs is 1. The van der Waals surface area contributed by atoms with Gasteiger partial charge in [-0.05, 0) is 35.9 Å². The third-order valence-electron chi connectivity index (χ3n) is 4.40. The second-order valence-electron chi connectivity index (χ2n) is 6.26. The summed E-state index contributed by atoms with van der Waals surface area (Å²) in [6, 6.07) is 20.6. The van der Waals surface area contributed by atoms with E-state index < -0.39 is 10.5 Å². The lowest BCUT2D eigenvalue weighted by Crippen LogP contribution is -2.23. The summed E-state index contributed by atoms with van der Waals surface area (Å²) < 4.78 is 1.25. The summed E-state index contributed by atoms with van der Waals surface area (Å²) in [5, 5.41) is 12.2. The number of nitro benzene ring substituents is 1. The van der Waals surface area contributed by atoms with Gasteiger partial charge in [0, 0.05) is 11.1 Å². The Bertz CT molecular complexity index is 1310. The highest BCUT2D eigenvalue weighted by Gasteiger charge is 2.20. The van der Waals surface area contributed by atoms with E-state index in [0.29, 0.717) is 10.9 Å². The van der Waals surface area contributed by atoms with E-state index in [1.54, 1.807) is 36.4 Å². The lowest BCUT2D eigenvalue weighted by Gasteiger charge is -2.12. The van der Waals surface area contributed by atoms with Crippen molar-refractivity contribution in [2.24, 2.45) is 0 Å². The minimum absolute atomic E-state index is 0.107. The average molecular weight is 404 g/mol. The van der Waals surface area contributed by atoms with Gasteiger partial charge >= 0.3 is 0 Å². The first-order valence-electron chi connectivity index (χ1n) is 8.74. The standard InChI is InChI=1S/C22H14ClN3O3/c23-16-11-12-19(20(14-16)26(28)29)25-21(13-10-15-6-2-1-3-7-15)24-18-9-5-4-8-17(18)22(25)27/h1-14H/b13-10+. The Hall–Kier alpha value is -3.77. The summed E-state index contributed by atoms with van der Waals surface area (Å²) >= 11 is 5.94. The van der Waals surface area contributed by atoms with Crippen molar-refractivity contribution in [2.75, 3.05) is 0 Å². The molecule has 0 aliphatic carbocycles. The number of rotatable bonds is 4. The molecule has 29 heavy (non-hydrogen) atoms. The third-order valence-corrected chi connectivity index (χ3v) is 4.64. The van der Waals surface area contributed by atoms with Crippen molar-refractivity contribution in [2.45, 2.75) is 0 Å². The van der Waals surface area contributed by atoms with Crippen LogP contribution in [-0.4, -0.2) is 14.5 Å². The zero-order chi connectivity index (χ0) is 20.4. The van der Waals surface area contributed by atoms with Crippen LogP contribution in [0.2, 0.25) is 5.02 Å². The van der Waals surface area contributed by atoms with Gasteiger partial charge in [0.2, 0.25) is 0 Å². The van der Waals surface area contributed by atoms with Crippen LogP contribution in [0.5, 0.6) is 0 Å². The predicted molar refractivity (Wildman–Crippen MR) is 114 cm³/mol. The van der Waals surface area contributed by atoms with Crippen LogP contribution in [0.4, 0.5) is 5.69 Å². The van der Waals surface area contributed by atoms with E-state index in [9.17, 15) is 14.9 Å². The van der Waals surface area contributed by atoms with Gasteiger partial charge in [0.1, 0.15) is 11.5 Å². The molecule has 0 bridgehead atoms. The van der Waals surface area contributed by atoms with Gasteiger partial charge in [-0.3, -0.25) is 19.5 Å². The van der Waals surface area contributed by atoms with Crippen LogP contribution < -0.4 is 5.56 Å². The quantitative estimate of drug-likeness (QED) is 0.350. The first-order chi connectivity index (χ1) is 14.0.